The van der Waals surface area contributed by atoms with Crippen LogP contribution in [-0.2, 0) is 0 Å². The Morgan fingerprint density at radius 3 is 3.06 bits per heavy atom. The molecule has 0 aliphatic carbocycles. The predicted molar refractivity (Wildman–Crippen MR) is 72.5 cm³/mol. The van der Waals surface area contributed by atoms with Gasteiger partial charge in [-0.2, -0.15) is 5.10 Å². The van der Waals surface area contributed by atoms with Gasteiger partial charge in [0.2, 0.25) is 0 Å². The fourth-order valence-electron chi connectivity index (χ4n) is 3.00. The molecule has 0 spiro atoms. The van der Waals surface area contributed by atoms with E-state index in [4.69, 9.17) is 0 Å². The Labute approximate surface area is 107 Å². The highest BCUT2D eigenvalue weighted by Crippen LogP contribution is 2.37. The molecule has 0 aromatic carbocycles. The van der Waals surface area contributed by atoms with Crippen LogP contribution in [0.1, 0.15) is 48.2 Å². The van der Waals surface area contributed by atoms with E-state index in [1.54, 1.807) is 0 Å². The minimum atomic E-state index is 0.597. The molecule has 0 radical (unpaired) electrons. The second-order valence-corrected chi connectivity index (χ2v) is 6.43. The normalized spacial score (nSPS) is 29.7. The third-order valence-corrected chi connectivity index (χ3v) is 5.34. The molecule has 94 valence electrons. The van der Waals surface area contributed by atoms with Crippen molar-refractivity contribution in [2.75, 3.05) is 18.8 Å². The number of aromatic nitrogens is 2. The van der Waals surface area contributed by atoms with Gasteiger partial charge >= 0.3 is 0 Å². The summed E-state index contributed by atoms with van der Waals surface area (Å²) in [6.45, 7) is 4.56. The Morgan fingerprint density at radius 2 is 2.35 bits per heavy atom. The molecule has 0 amide bonds. The van der Waals surface area contributed by atoms with Crippen molar-refractivity contribution < 1.29 is 0 Å². The monoisotopic (exact) mass is 251 g/mol. The molecule has 17 heavy (non-hydrogen) atoms. The minimum absolute atomic E-state index is 0.597. The van der Waals surface area contributed by atoms with E-state index in [0.29, 0.717) is 11.3 Å². The van der Waals surface area contributed by atoms with Crippen LogP contribution in [0.25, 0.3) is 0 Å². The van der Waals surface area contributed by atoms with Gasteiger partial charge in [-0.25, -0.2) is 0 Å². The van der Waals surface area contributed by atoms with Gasteiger partial charge in [0.05, 0.1) is 11.6 Å². The first kappa shape index (κ1) is 11.6. The van der Waals surface area contributed by atoms with Crippen molar-refractivity contribution in [3.8, 4) is 0 Å². The number of piperidine rings is 1. The van der Waals surface area contributed by atoms with Crippen LogP contribution < -0.4 is 5.32 Å². The molecule has 3 heterocycles. The maximum absolute atomic E-state index is 4.64. The van der Waals surface area contributed by atoms with Crippen LogP contribution in [0.2, 0.25) is 0 Å². The predicted octanol–water partition coefficient (Wildman–Crippen LogP) is 2.68. The first-order chi connectivity index (χ1) is 8.36. The molecule has 1 aromatic heterocycles. The summed E-state index contributed by atoms with van der Waals surface area (Å²) in [7, 11) is 0. The van der Waals surface area contributed by atoms with Crippen molar-refractivity contribution in [3.63, 3.8) is 0 Å². The van der Waals surface area contributed by atoms with E-state index in [1.807, 2.05) is 0 Å². The van der Waals surface area contributed by atoms with Crippen molar-refractivity contribution in [2.24, 2.45) is 0 Å². The lowest BCUT2D eigenvalue weighted by Crippen LogP contribution is -2.28. The first-order valence-corrected chi connectivity index (χ1v) is 7.77. The van der Waals surface area contributed by atoms with Gasteiger partial charge in [0.15, 0.2) is 0 Å². The Balaban J connectivity index is 1.80. The van der Waals surface area contributed by atoms with Gasteiger partial charge in [-0.3, -0.25) is 4.68 Å². The number of rotatable bonds is 2. The number of nitrogens with zero attached hydrogens (tertiary/aromatic N) is 2. The fourth-order valence-corrected chi connectivity index (χ4v) is 4.29. The molecule has 2 fully saturated rings. The van der Waals surface area contributed by atoms with Gasteiger partial charge < -0.3 is 5.32 Å². The molecule has 1 aromatic rings. The number of nitrogens with one attached hydrogen (secondary N) is 1. The van der Waals surface area contributed by atoms with Crippen LogP contribution in [0.3, 0.4) is 0 Å². The maximum atomic E-state index is 4.64. The molecule has 2 saturated heterocycles. The van der Waals surface area contributed by atoms with Crippen molar-refractivity contribution in [1.29, 1.82) is 0 Å². The second kappa shape index (κ2) is 5.02. The van der Waals surface area contributed by atoms with E-state index in [0.717, 1.165) is 6.54 Å². The summed E-state index contributed by atoms with van der Waals surface area (Å²) in [6.07, 6.45) is 7.36. The van der Waals surface area contributed by atoms with E-state index in [1.165, 1.54) is 49.2 Å². The average molecular weight is 251 g/mol. The van der Waals surface area contributed by atoms with Gasteiger partial charge in [-0.1, -0.05) is 0 Å². The molecular formula is C13H21N3S. The molecule has 2 atom stereocenters. The van der Waals surface area contributed by atoms with E-state index >= 15 is 0 Å². The summed E-state index contributed by atoms with van der Waals surface area (Å²) in [5, 5.41) is 8.74. The van der Waals surface area contributed by atoms with Gasteiger partial charge in [-0.15, -0.1) is 11.8 Å². The quantitative estimate of drug-likeness (QED) is 0.876. The molecular weight excluding hydrogens is 230 g/mol. The summed E-state index contributed by atoms with van der Waals surface area (Å²) in [5.41, 5.74) is 2.88. The Kier molecular flexibility index (Phi) is 3.43. The number of hydrogen-bond donors (Lipinski definition) is 1. The van der Waals surface area contributed by atoms with Crippen molar-refractivity contribution >= 4 is 11.8 Å². The summed E-state index contributed by atoms with van der Waals surface area (Å²) in [6, 6.07) is 0. The zero-order valence-corrected chi connectivity index (χ0v) is 11.3. The highest BCUT2D eigenvalue weighted by atomic mass is 32.2. The van der Waals surface area contributed by atoms with Crippen LogP contribution in [-0.4, -0.2) is 28.6 Å². The Morgan fingerprint density at radius 1 is 1.41 bits per heavy atom. The highest BCUT2D eigenvalue weighted by molar-refractivity contribution is 7.99. The van der Waals surface area contributed by atoms with Gasteiger partial charge in [-0.05, 0) is 56.4 Å². The van der Waals surface area contributed by atoms with Gasteiger partial charge in [0.1, 0.15) is 0 Å². The van der Waals surface area contributed by atoms with Crippen molar-refractivity contribution in [3.05, 3.63) is 17.5 Å². The van der Waals surface area contributed by atoms with Crippen LogP contribution in [0, 0.1) is 6.92 Å². The molecule has 3 rings (SSSR count). The molecule has 4 heteroatoms. The largest absolute Gasteiger partial charge is 0.316 e. The first-order valence-electron chi connectivity index (χ1n) is 6.72. The average Bonchev–Trinajstić information content (AvgIpc) is 2.99. The summed E-state index contributed by atoms with van der Waals surface area (Å²) in [4.78, 5) is 0. The molecule has 0 bridgehead atoms. The highest BCUT2D eigenvalue weighted by Gasteiger charge is 2.24. The molecule has 1 N–H and O–H groups in total. The van der Waals surface area contributed by atoms with Gasteiger partial charge in [0.25, 0.3) is 0 Å². The van der Waals surface area contributed by atoms with Gasteiger partial charge in [0, 0.05) is 12.2 Å². The lowest BCUT2D eigenvalue weighted by molar-refractivity contribution is 0.459. The molecule has 2 aliphatic heterocycles. The van der Waals surface area contributed by atoms with Crippen LogP contribution in [0.4, 0.5) is 0 Å². The molecule has 2 aliphatic rings. The second-order valence-electron chi connectivity index (χ2n) is 5.14. The van der Waals surface area contributed by atoms with E-state index in [9.17, 15) is 0 Å². The van der Waals surface area contributed by atoms with Crippen LogP contribution in [0.5, 0.6) is 0 Å². The molecule has 0 saturated carbocycles. The van der Waals surface area contributed by atoms with E-state index in [-0.39, 0.29) is 0 Å². The lowest BCUT2D eigenvalue weighted by atomic mass is 9.92. The van der Waals surface area contributed by atoms with E-state index < -0.39 is 0 Å². The van der Waals surface area contributed by atoms with Crippen molar-refractivity contribution in [2.45, 2.75) is 43.9 Å². The lowest BCUT2D eigenvalue weighted by Gasteiger charge is -2.23. The standard InChI is InChI=1S/C13H21N3S/c1-10-12(11-4-2-6-14-8-11)9-15-16(10)13-5-3-7-17-13/h9,11,13-14H,2-8H2,1H3. The summed E-state index contributed by atoms with van der Waals surface area (Å²) < 4.78 is 2.27. The SMILES string of the molecule is Cc1c(C2CCCNC2)cnn1C1CCCS1. The topological polar surface area (TPSA) is 29.9 Å². The molecule has 2 unspecified atom stereocenters. The summed E-state index contributed by atoms with van der Waals surface area (Å²) in [5.74, 6) is 1.98. The van der Waals surface area contributed by atoms with Crippen LogP contribution in [0.15, 0.2) is 6.20 Å². The third-order valence-electron chi connectivity index (χ3n) is 4.00. The fraction of sp³-hybridized carbons (Fsp3) is 0.769. The minimum Gasteiger partial charge on any atom is -0.316 e. The molecule has 3 nitrogen and oxygen atoms in total. The summed E-state index contributed by atoms with van der Waals surface area (Å²) >= 11 is 2.05. The van der Waals surface area contributed by atoms with Crippen molar-refractivity contribution in [1.82, 2.24) is 15.1 Å². The number of hydrogen-bond acceptors (Lipinski definition) is 3. The zero-order chi connectivity index (χ0) is 11.7. The van der Waals surface area contributed by atoms with E-state index in [2.05, 4.69) is 40.0 Å². The maximum Gasteiger partial charge on any atom is 0.0974 e. The third kappa shape index (κ3) is 2.25. The Hall–Kier alpha value is -0.480. The Bertz CT molecular complexity index is 376. The smallest absolute Gasteiger partial charge is 0.0974 e. The number of thioether (sulfide) groups is 1. The van der Waals surface area contributed by atoms with Crippen LogP contribution >= 0.6 is 11.8 Å². The zero-order valence-electron chi connectivity index (χ0n) is 10.5.